The summed E-state index contributed by atoms with van der Waals surface area (Å²) in [5.41, 5.74) is -0.0877. The van der Waals surface area contributed by atoms with E-state index in [0.717, 1.165) is 0 Å². The van der Waals surface area contributed by atoms with Crippen LogP contribution < -0.4 is 5.43 Å². The van der Waals surface area contributed by atoms with Crippen LogP contribution in [0.1, 0.15) is 21.8 Å². The van der Waals surface area contributed by atoms with Crippen LogP contribution in [-0.2, 0) is 6.54 Å². The molecular weight excluding hydrogens is 224 g/mol. The van der Waals surface area contributed by atoms with Gasteiger partial charge >= 0.3 is 5.97 Å². The van der Waals surface area contributed by atoms with E-state index in [1.54, 1.807) is 17.6 Å². The quantitative estimate of drug-likeness (QED) is 0.852. The predicted octanol–water partition coefficient (Wildman–Crippen LogP) is 0.891. The van der Waals surface area contributed by atoms with Gasteiger partial charge in [-0.05, 0) is 6.92 Å². The number of nitrogens with zero attached hydrogens (tertiary/aromatic N) is 2. The van der Waals surface area contributed by atoms with Crippen molar-refractivity contribution in [1.82, 2.24) is 9.72 Å². The highest BCUT2D eigenvalue weighted by Gasteiger charge is 2.11. The summed E-state index contributed by atoms with van der Waals surface area (Å²) >= 11 is 0. The van der Waals surface area contributed by atoms with Crippen molar-refractivity contribution in [2.75, 3.05) is 0 Å². The molecule has 88 valence electrons. The SMILES string of the molecule is Cc1cc(=O)c(C(=O)O)cn1Cc1ccno1. The summed E-state index contributed by atoms with van der Waals surface area (Å²) in [5, 5.41) is 12.4. The normalized spacial score (nSPS) is 10.4. The van der Waals surface area contributed by atoms with E-state index in [9.17, 15) is 9.59 Å². The van der Waals surface area contributed by atoms with E-state index in [4.69, 9.17) is 9.63 Å². The molecule has 0 aromatic carbocycles. The Labute approximate surface area is 96.1 Å². The van der Waals surface area contributed by atoms with Crippen LogP contribution in [0.15, 0.2) is 33.8 Å². The number of carbonyl (C=O) groups is 1. The first kappa shape index (κ1) is 11.1. The minimum atomic E-state index is -1.23. The fraction of sp³-hybridized carbons (Fsp3) is 0.182. The highest BCUT2D eigenvalue weighted by Crippen LogP contribution is 2.05. The number of hydrogen-bond donors (Lipinski definition) is 1. The number of carboxylic acids is 1. The molecule has 17 heavy (non-hydrogen) atoms. The Hall–Kier alpha value is -2.37. The fourth-order valence-electron chi connectivity index (χ4n) is 1.49. The van der Waals surface area contributed by atoms with Crippen LogP contribution in [0.5, 0.6) is 0 Å². The second kappa shape index (κ2) is 4.25. The molecule has 0 unspecified atom stereocenters. The number of rotatable bonds is 3. The summed E-state index contributed by atoms with van der Waals surface area (Å²) < 4.78 is 6.56. The Bertz CT molecular complexity index is 598. The summed E-state index contributed by atoms with van der Waals surface area (Å²) in [6, 6.07) is 2.97. The van der Waals surface area contributed by atoms with Gasteiger partial charge in [-0.25, -0.2) is 4.79 Å². The van der Waals surface area contributed by atoms with Crippen molar-refractivity contribution in [3.63, 3.8) is 0 Å². The van der Waals surface area contributed by atoms with Crippen molar-refractivity contribution in [1.29, 1.82) is 0 Å². The second-order valence-corrected chi connectivity index (χ2v) is 3.60. The van der Waals surface area contributed by atoms with Gasteiger partial charge in [-0.1, -0.05) is 5.16 Å². The van der Waals surface area contributed by atoms with Crippen molar-refractivity contribution >= 4 is 5.97 Å². The third kappa shape index (κ3) is 2.25. The number of pyridine rings is 1. The molecule has 0 atom stereocenters. The largest absolute Gasteiger partial charge is 0.477 e. The van der Waals surface area contributed by atoms with Gasteiger partial charge in [0.25, 0.3) is 0 Å². The van der Waals surface area contributed by atoms with Gasteiger partial charge in [-0.15, -0.1) is 0 Å². The van der Waals surface area contributed by atoms with Crippen molar-refractivity contribution < 1.29 is 14.4 Å². The topological polar surface area (TPSA) is 85.3 Å². The number of carboxylic acid groups (broad SMARTS) is 1. The zero-order chi connectivity index (χ0) is 12.4. The molecule has 0 saturated carbocycles. The van der Waals surface area contributed by atoms with Crippen molar-refractivity contribution in [2.24, 2.45) is 0 Å². The molecule has 0 aliphatic rings. The van der Waals surface area contributed by atoms with E-state index in [1.165, 1.54) is 18.5 Å². The van der Waals surface area contributed by atoms with Crippen molar-refractivity contribution in [3.05, 3.63) is 51.8 Å². The fourth-order valence-corrected chi connectivity index (χ4v) is 1.49. The van der Waals surface area contributed by atoms with Crippen LogP contribution in [0, 0.1) is 6.92 Å². The lowest BCUT2D eigenvalue weighted by Crippen LogP contribution is -2.19. The summed E-state index contributed by atoms with van der Waals surface area (Å²) in [7, 11) is 0. The highest BCUT2D eigenvalue weighted by atomic mass is 16.5. The molecule has 0 amide bonds. The number of hydrogen-bond acceptors (Lipinski definition) is 4. The lowest BCUT2D eigenvalue weighted by atomic mass is 10.2. The molecule has 0 aliphatic carbocycles. The van der Waals surface area contributed by atoms with E-state index >= 15 is 0 Å². The Morgan fingerprint density at radius 3 is 2.94 bits per heavy atom. The predicted molar refractivity (Wildman–Crippen MR) is 58.0 cm³/mol. The third-order valence-corrected chi connectivity index (χ3v) is 2.39. The average Bonchev–Trinajstić information content (AvgIpc) is 2.74. The van der Waals surface area contributed by atoms with E-state index < -0.39 is 11.4 Å². The summed E-state index contributed by atoms with van der Waals surface area (Å²) in [5.74, 6) is -0.644. The molecule has 6 nitrogen and oxygen atoms in total. The van der Waals surface area contributed by atoms with Crippen LogP contribution in [0.25, 0.3) is 0 Å². The lowest BCUT2D eigenvalue weighted by molar-refractivity contribution is 0.0694. The molecular formula is C11H10N2O4. The van der Waals surface area contributed by atoms with Gasteiger partial charge in [0.1, 0.15) is 5.56 Å². The molecule has 0 fully saturated rings. The lowest BCUT2D eigenvalue weighted by Gasteiger charge is -2.09. The van der Waals surface area contributed by atoms with Gasteiger partial charge in [-0.3, -0.25) is 4.79 Å². The second-order valence-electron chi connectivity index (χ2n) is 3.60. The molecule has 2 heterocycles. The van der Waals surface area contributed by atoms with Crippen molar-refractivity contribution in [3.8, 4) is 0 Å². The molecule has 6 heteroatoms. The number of aromatic carboxylic acids is 1. The van der Waals surface area contributed by atoms with Gasteiger partial charge in [0, 0.05) is 24.0 Å². The Balaban J connectivity index is 2.44. The first-order valence-electron chi connectivity index (χ1n) is 4.92. The highest BCUT2D eigenvalue weighted by molar-refractivity contribution is 5.87. The van der Waals surface area contributed by atoms with Crippen LogP contribution >= 0.6 is 0 Å². The molecule has 2 aromatic rings. The first-order chi connectivity index (χ1) is 8.08. The average molecular weight is 234 g/mol. The zero-order valence-electron chi connectivity index (χ0n) is 9.08. The molecule has 0 saturated heterocycles. The molecule has 0 spiro atoms. The van der Waals surface area contributed by atoms with E-state index in [1.807, 2.05) is 0 Å². The first-order valence-corrected chi connectivity index (χ1v) is 4.92. The summed E-state index contributed by atoms with van der Waals surface area (Å²) in [6.07, 6.45) is 2.81. The molecule has 0 bridgehead atoms. The molecule has 2 aromatic heterocycles. The van der Waals surface area contributed by atoms with Crippen LogP contribution in [0.2, 0.25) is 0 Å². The van der Waals surface area contributed by atoms with E-state index in [0.29, 0.717) is 18.0 Å². The Morgan fingerprint density at radius 2 is 2.35 bits per heavy atom. The Kier molecular flexibility index (Phi) is 2.78. The standard InChI is InChI=1S/C11H10N2O4/c1-7-4-10(14)9(11(15)16)6-13(7)5-8-2-3-12-17-8/h2-4,6H,5H2,1H3,(H,15,16). The summed E-state index contributed by atoms with van der Waals surface area (Å²) in [4.78, 5) is 22.2. The van der Waals surface area contributed by atoms with Crippen LogP contribution in [-0.4, -0.2) is 20.8 Å². The van der Waals surface area contributed by atoms with Gasteiger partial charge in [-0.2, -0.15) is 0 Å². The van der Waals surface area contributed by atoms with Crippen LogP contribution in [0.4, 0.5) is 0 Å². The smallest absolute Gasteiger partial charge is 0.341 e. The third-order valence-electron chi connectivity index (χ3n) is 2.39. The molecule has 0 aliphatic heterocycles. The van der Waals surface area contributed by atoms with E-state index in [2.05, 4.69) is 5.16 Å². The molecule has 2 rings (SSSR count). The maximum absolute atomic E-state index is 11.4. The minimum Gasteiger partial charge on any atom is -0.477 e. The molecule has 0 radical (unpaired) electrons. The van der Waals surface area contributed by atoms with Gasteiger partial charge in [0.05, 0.1) is 12.7 Å². The summed E-state index contributed by atoms with van der Waals surface area (Å²) in [6.45, 7) is 2.07. The maximum Gasteiger partial charge on any atom is 0.341 e. The minimum absolute atomic E-state index is 0.255. The number of aromatic nitrogens is 2. The number of aryl methyl sites for hydroxylation is 1. The van der Waals surface area contributed by atoms with Crippen molar-refractivity contribution in [2.45, 2.75) is 13.5 Å². The van der Waals surface area contributed by atoms with Crippen LogP contribution in [0.3, 0.4) is 0 Å². The van der Waals surface area contributed by atoms with Gasteiger partial charge in [0.15, 0.2) is 11.2 Å². The van der Waals surface area contributed by atoms with Gasteiger partial charge < -0.3 is 14.2 Å². The van der Waals surface area contributed by atoms with E-state index in [-0.39, 0.29) is 5.56 Å². The molecule has 1 N–H and O–H groups in total. The monoisotopic (exact) mass is 234 g/mol. The Morgan fingerprint density at radius 1 is 1.59 bits per heavy atom. The van der Waals surface area contributed by atoms with Gasteiger partial charge in [0.2, 0.25) is 0 Å². The zero-order valence-corrected chi connectivity index (χ0v) is 9.08. The maximum atomic E-state index is 11.4.